The van der Waals surface area contributed by atoms with Crippen molar-refractivity contribution in [1.29, 1.82) is 0 Å². The van der Waals surface area contributed by atoms with Gasteiger partial charge in [0.15, 0.2) is 0 Å². The first kappa shape index (κ1) is 25.2. The molecule has 2 amide bonds. The van der Waals surface area contributed by atoms with E-state index in [2.05, 4.69) is 5.32 Å². The van der Waals surface area contributed by atoms with Crippen molar-refractivity contribution in [1.82, 2.24) is 10.2 Å². The molecule has 0 unspecified atom stereocenters. The number of hydrogen-bond donors (Lipinski definition) is 1. The lowest BCUT2D eigenvalue weighted by molar-refractivity contribution is -0.139. The molecule has 1 atom stereocenters. The van der Waals surface area contributed by atoms with Crippen LogP contribution in [0.25, 0.3) is 0 Å². The summed E-state index contributed by atoms with van der Waals surface area (Å²) in [6.45, 7) is 2.13. The Hall–Kier alpha value is -1.11. The highest BCUT2D eigenvalue weighted by molar-refractivity contribution is 7.99. The summed E-state index contributed by atoms with van der Waals surface area (Å²) in [4.78, 5) is 27.0. The van der Waals surface area contributed by atoms with Gasteiger partial charge in [-0.15, -0.1) is 11.8 Å². The van der Waals surface area contributed by atoms with E-state index >= 15 is 0 Å². The summed E-state index contributed by atoms with van der Waals surface area (Å²) >= 11 is 25.6. The fourth-order valence-electron chi connectivity index (χ4n) is 2.89. The number of nitrogens with zero attached hydrogens (tertiary/aromatic N) is 1. The van der Waals surface area contributed by atoms with E-state index in [1.165, 1.54) is 11.8 Å². The Morgan fingerprint density at radius 2 is 1.53 bits per heavy atom. The largest absolute Gasteiger partial charge is 0.357 e. The van der Waals surface area contributed by atoms with Crippen LogP contribution in [-0.2, 0) is 21.9 Å². The summed E-state index contributed by atoms with van der Waals surface area (Å²) in [6.07, 6.45) is 0.490. The molecule has 0 spiro atoms. The fraction of sp³-hybridized carbons (Fsp3) is 0.333. The number of thioether (sulfide) groups is 1. The second kappa shape index (κ2) is 12.1. The van der Waals surface area contributed by atoms with Crippen molar-refractivity contribution in [3.8, 4) is 0 Å². The van der Waals surface area contributed by atoms with Crippen molar-refractivity contribution in [3.63, 3.8) is 0 Å². The summed E-state index contributed by atoms with van der Waals surface area (Å²) in [5.74, 6) is 0.469. The molecule has 0 aromatic heterocycles. The van der Waals surface area contributed by atoms with Crippen LogP contribution in [0.3, 0.4) is 0 Å². The third-order valence-corrected chi connectivity index (χ3v) is 6.91. The number of rotatable bonds is 9. The minimum absolute atomic E-state index is 0.137. The van der Waals surface area contributed by atoms with Gasteiger partial charge in [0, 0.05) is 19.3 Å². The molecule has 0 saturated carbocycles. The lowest BCUT2D eigenvalue weighted by atomic mass is 10.1. The molecule has 162 valence electrons. The quantitative estimate of drug-likeness (QED) is 0.447. The van der Waals surface area contributed by atoms with Crippen LogP contribution in [0.4, 0.5) is 0 Å². The minimum Gasteiger partial charge on any atom is -0.357 e. The number of halogens is 4. The van der Waals surface area contributed by atoms with Crippen molar-refractivity contribution in [2.24, 2.45) is 0 Å². The topological polar surface area (TPSA) is 49.4 Å². The number of likely N-dealkylation sites (N-methyl/N-ethyl adjacent to an activating group) is 1. The maximum atomic E-state index is 13.1. The average Bonchev–Trinajstić information content (AvgIpc) is 2.72. The Morgan fingerprint density at radius 3 is 2.07 bits per heavy atom. The Morgan fingerprint density at radius 1 is 0.967 bits per heavy atom. The highest BCUT2D eigenvalue weighted by atomic mass is 35.5. The molecule has 1 N–H and O–H groups in total. The number of nitrogens with one attached hydrogen (secondary N) is 1. The molecule has 4 nitrogen and oxygen atoms in total. The number of hydrogen-bond acceptors (Lipinski definition) is 3. The summed E-state index contributed by atoms with van der Waals surface area (Å²) in [5.41, 5.74) is 1.77. The first-order valence-electron chi connectivity index (χ1n) is 9.23. The lowest BCUT2D eigenvalue weighted by Crippen LogP contribution is -2.48. The summed E-state index contributed by atoms with van der Waals surface area (Å²) < 4.78 is 0. The first-order chi connectivity index (χ1) is 14.3. The number of carbonyl (C=O) groups excluding carboxylic acids is 2. The molecule has 0 fully saturated rings. The van der Waals surface area contributed by atoms with E-state index in [4.69, 9.17) is 46.4 Å². The predicted molar refractivity (Wildman–Crippen MR) is 128 cm³/mol. The zero-order valence-electron chi connectivity index (χ0n) is 16.6. The molecule has 0 aliphatic rings. The Labute approximate surface area is 201 Å². The molecular weight excluding hydrogens is 486 g/mol. The maximum absolute atomic E-state index is 13.1. The van der Waals surface area contributed by atoms with Gasteiger partial charge in [0.05, 0.1) is 25.8 Å². The third kappa shape index (κ3) is 6.96. The third-order valence-electron chi connectivity index (χ3n) is 4.45. The Bertz CT molecular complexity index is 911. The zero-order chi connectivity index (χ0) is 22.3. The van der Waals surface area contributed by atoms with Crippen molar-refractivity contribution in [2.75, 3.05) is 12.8 Å². The number of carbonyl (C=O) groups is 2. The highest BCUT2D eigenvalue weighted by Crippen LogP contribution is 2.26. The molecule has 9 heteroatoms. The van der Waals surface area contributed by atoms with Gasteiger partial charge >= 0.3 is 0 Å². The normalized spacial score (nSPS) is 11.8. The van der Waals surface area contributed by atoms with E-state index in [1.807, 2.05) is 13.0 Å². The molecule has 0 aliphatic heterocycles. The van der Waals surface area contributed by atoms with Crippen LogP contribution in [0.1, 0.15) is 24.5 Å². The van der Waals surface area contributed by atoms with Crippen LogP contribution in [0.15, 0.2) is 36.4 Å². The van der Waals surface area contributed by atoms with Gasteiger partial charge < -0.3 is 10.2 Å². The van der Waals surface area contributed by atoms with Gasteiger partial charge in [-0.05, 0) is 41.8 Å². The van der Waals surface area contributed by atoms with E-state index in [0.717, 1.165) is 11.1 Å². The molecule has 0 heterocycles. The molecule has 0 saturated heterocycles. The van der Waals surface area contributed by atoms with Crippen LogP contribution in [0.5, 0.6) is 0 Å². The molecule has 2 rings (SSSR count). The second-order valence-electron chi connectivity index (χ2n) is 6.55. The van der Waals surface area contributed by atoms with Crippen molar-refractivity contribution < 1.29 is 9.59 Å². The molecule has 2 aromatic carbocycles. The fourth-order valence-corrected chi connectivity index (χ4v) is 4.39. The van der Waals surface area contributed by atoms with Crippen LogP contribution in [0.2, 0.25) is 20.1 Å². The maximum Gasteiger partial charge on any atom is 0.242 e. The standard InChI is InChI=1S/C21H22Cl4N2O2S/c1-3-19(21(29)26-2)27(10-13-4-6-15(22)17(24)8-13)20(28)12-30-11-14-5-7-16(23)18(25)9-14/h4-9,19H,3,10-12H2,1-2H3,(H,26,29)/t19-/m0/s1. The van der Waals surface area contributed by atoms with E-state index < -0.39 is 6.04 Å². The summed E-state index contributed by atoms with van der Waals surface area (Å²) in [5, 5.41) is 4.45. The minimum atomic E-state index is -0.581. The Balaban J connectivity index is 2.13. The van der Waals surface area contributed by atoms with Gasteiger partial charge in [0.2, 0.25) is 11.8 Å². The van der Waals surface area contributed by atoms with E-state index in [9.17, 15) is 9.59 Å². The van der Waals surface area contributed by atoms with Crippen molar-refractivity contribution in [3.05, 3.63) is 67.6 Å². The van der Waals surface area contributed by atoms with Gasteiger partial charge in [-0.2, -0.15) is 0 Å². The van der Waals surface area contributed by atoms with E-state index in [0.29, 0.717) is 32.3 Å². The highest BCUT2D eigenvalue weighted by Gasteiger charge is 2.28. The summed E-state index contributed by atoms with van der Waals surface area (Å²) in [6, 6.07) is 10.0. The Kier molecular flexibility index (Phi) is 10.1. The lowest BCUT2D eigenvalue weighted by Gasteiger charge is -2.30. The van der Waals surface area contributed by atoms with E-state index in [-0.39, 0.29) is 24.1 Å². The number of amides is 2. The second-order valence-corrected chi connectivity index (χ2v) is 9.16. The van der Waals surface area contributed by atoms with Crippen molar-refractivity contribution in [2.45, 2.75) is 31.7 Å². The van der Waals surface area contributed by atoms with E-state index in [1.54, 1.807) is 42.3 Å². The van der Waals surface area contributed by atoms with Crippen LogP contribution in [-0.4, -0.2) is 35.6 Å². The van der Waals surface area contributed by atoms with Gasteiger partial charge in [-0.1, -0.05) is 65.5 Å². The van der Waals surface area contributed by atoms with Crippen molar-refractivity contribution >= 4 is 70.0 Å². The number of benzene rings is 2. The molecular formula is C21H22Cl4N2O2S. The van der Waals surface area contributed by atoms with Gasteiger partial charge in [-0.3, -0.25) is 9.59 Å². The van der Waals surface area contributed by atoms with Crippen LogP contribution in [0, 0.1) is 0 Å². The van der Waals surface area contributed by atoms with Crippen LogP contribution < -0.4 is 5.32 Å². The smallest absolute Gasteiger partial charge is 0.242 e. The SMILES string of the molecule is CC[C@@H](C(=O)NC)N(Cc1ccc(Cl)c(Cl)c1)C(=O)CSCc1ccc(Cl)c(Cl)c1. The van der Waals surface area contributed by atoms with Gasteiger partial charge in [-0.25, -0.2) is 0 Å². The molecule has 0 radical (unpaired) electrons. The summed E-state index contributed by atoms with van der Waals surface area (Å²) in [7, 11) is 1.56. The van der Waals surface area contributed by atoms with Gasteiger partial charge in [0.1, 0.15) is 6.04 Å². The first-order valence-corrected chi connectivity index (χ1v) is 11.9. The van der Waals surface area contributed by atoms with Crippen LogP contribution >= 0.6 is 58.2 Å². The molecule has 0 bridgehead atoms. The monoisotopic (exact) mass is 506 g/mol. The molecule has 2 aromatic rings. The zero-order valence-corrected chi connectivity index (χ0v) is 20.4. The van der Waals surface area contributed by atoms with Gasteiger partial charge in [0.25, 0.3) is 0 Å². The molecule has 30 heavy (non-hydrogen) atoms. The predicted octanol–water partition coefficient (Wildman–Crippen LogP) is 6.09. The molecule has 0 aliphatic carbocycles. The average molecular weight is 508 g/mol.